The van der Waals surface area contributed by atoms with Crippen molar-refractivity contribution in [1.29, 1.82) is 0 Å². The Morgan fingerprint density at radius 1 is 1.11 bits per heavy atom. The maximum atomic E-state index is 14.1. The van der Waals surface area contributed by atoms with Crippen molar-refractivity contribution >= 4 is 31.6 Å². The number of para-hydroxylation sites is 1. The summed E-state index contributed by atoms with van der Waals surface area (Å²) in [5, 5.41) is 4.49. The maximum Gasteiger partial charge on any atom is 0.265 e. The maximum absolute atomic E-state index is 14.1. The molecule has 0 saturated heterocycles. The van der Waals surface area contributed by atoms with Crippen LogP contribution in [-0.2, 0) is 15.4 Å². The number of rotatable bonds is 4. The second-order valence-corrected chi connectivity index (χ2v) is 9.67. The van der Waals surface area contributed by atoms with Crippen LogP contribution in [0, 0.1) is 5.82 Å². The molecule has 8 heteroatoms. The van der Waals surface area contributed by atoms with Gasteiger partial charge in [0, 0.05) is 9.89 Å². The smallest absolute Gasteiger partial charge is 0.265 e. The summed E-state index contributed by atoms with van der Waals surface area (Å²) in [4.78, 5) is 0.0150. The molecule has 0 spiro atoms. The SMILES string of the molecule is CC(C)(C)c1nn(-c2ccccc2)cc1S(=O)(=O)Nc1ccc(Br)cc1F. The molecule has 0 fully saturated rings. The zero-order valence-corrected chi connectivity index (χ0v) is 17.5. The Kier molecular flexibility index (Phi) is 5.14. The number of sulfonamides is 1. The van der Waals surface area contributed by atoms with Crippen molar-refractivity contribution in [3.8, 4) is 5.69 Å². The number of hydrogen-bond donors (Lipinski definition) is 1. The number of hydrogen-bond acceptors (Lipinski definition) is 3. The van der Waals surface area contributed by atoms with Gasteiger partial charge in [-0.2, -0.15) is 5.10 Å². The highest BCUT2D eigenvalue weighted by Gasteiger charge is 2.30. The van der Waals surface area contributed by atoms with E-state index in [0.717, 1.165) is 5.69 Å². The zero-order valence-electron chi connectivity index (χ0n) is 15.1. The molecule has 1 heterocycles. The van der Waals surface area contributed by atoms with E-state index in [1.54, 1.807) is 6.07 Å². The lowest BCUT2D eigenvalue weighted by atomic mass is 9.92. The third-order valence-electron chi connectivity index (χ3n) is 3.88. The molecule has 1 N–H and O–H groups in total. The molecular formula is C19H19BrFN3O2S. The fourth-order valence-electron chi connectivity index (χ4n) is 2.56. The van der Waals surface area contributed by atoms with E-state index in [9.17, 15) is 12.8 Å². The minimum Gasteiger partial charge on any atom is -0.277 e. The molecule has 0 aliphatic rings. The Bertz CT molecular complexity index is 1070. The summed E-state index contributed by atoms with van der Waals surface area (Å²) in [7, 11) is -4.04. The molecule has 0 atom stereocenters. The molecule has 0 amide bonds. The van der Waals surface area contributed by atoms with Crippen molar-refractivity contribution < 1.29 is 12.8 Å². The molecule has 27 heavy (non-hydrogen) atoms. The standard InChI is InChI=1S/C19H19BrFN3O2S/c1-19(2,3)18-17(12-24(22-18)14-7-5-4-6-8-14)27(25,26)23-16-10-9-13(20)11-15(16)21/h4-12,23H,1-3H3. The van der Waals surface area contributed by atoms with Crippen LogP contribution in [0.1, 0.15) is 26.5 Å². The van der Waals surface area contributed by atoms with Gasteiger partial charge < -0.3 is 0 Å². The molecule has 2 aromatic carbocycles. The van der Waals surface area contributed by atoms with Crippen molar-refractivity contribution in [2.45, 2.75) is 31.1 Å². The highest BCUT2D eigenvalue weighted by Crippen LogP contribution is 2.30. The van der Waals surface area contributed by atoms with E-state index in [0.29, 0.717) is 10.2 Å². The van der Waals surface area contributed by atoms with Gasteiger partial charge in [0.05, 0.1) is 23.3 Å². The number of anilines is 1. The number of nitrogens with one attached hydrogen (secondary N) is 1. The summed E-state index contributed by atoms with van der Waals surface area (Å²) in [5.41, 5.74) is 0.490. The molecule has 0 saturated carbocycles. The number of benzene rings is 2. The molecule has 142 valence electrons. The highest BCUT2D eigenvalue weighted by molar-refractivity contribution is 9.10. The van der Waals surface area contributed by atoms with E-state index in [2.05, 4.69) is 25.8 Å². The van der Waals surface area contributed by atoms with E-state index in [-0.39, 0.29) is 10.6 Å². The van der Waals surface area contributed by atoms with Crippen LogP contribution in [0.4, 0.5) is 10.1 Å². The largest absolute Gasteiger partial charge is 0.277 e. The van der Waals surface area contributed by atoms with Gasteiger partial charge in [-0.05, 0) is 30.3 Å². The minimum absolute atomic E-state index is 0.0150. The average Bonchev–Trinajstić information content (AvgIpc) is 3.05. The van der Waals surface area contributed by atoms with E-state index >= 15 is 0 Å². The first-order valence-electron chi connectivity index (χ1n) is 8.21. The first kappa shape index (κ1) is 19.6. The van der Waals surface area contributed by atoms with Crippen LogP contribution in [0.3, 0.4) is 0 Å². The van der Waals surface area contributed by atoms with Gasteiger partial charge in [-0.15, -0.1) is 0 Å². The van der Waals surface area contributed by atoms with Crippen molar-refractivity contribution in [2.75, 3.05) is 4.72 Å². The summed E-state index contributed by atoms with van der Waals surface area (Å²) in [6.45, 7) is 5.64. The lowest BCUT2D eigenvalue weighted by Crippen LogP contribution is -2.20. The van der Waals surface area contributed by atoms with E-state index < -0.39 is 21.3 Å². The van der Waals surface area contributed by atoms with Crippen LogP contribution >= 0.6 is 15.9 Å². The second kappa shape index (κ2) is 7.09. The second-order valence-electron chi connectivity index (χ2n) is 7.10. The Hall–Kier alpha value is -2.19. The summed E-state index contributed by atoms with van der Waals surface area (Å²) in [6, 6.07) is 13.4. The van der Waals surface area contributed by atoms with Crippen LogP contribution in [0.25, 0.3) is 5.69 Å². The van der Waals surface area contributed by atoms with Crippen molar-refractivity contribution in [3.63, 3.8) is 0 Å². The van der Waals surface area contributed by atoms with Crippen molar-refractivity contribution in [2.24, 2.45) is 0 Å². The van der Waals surface area contributed by atoms with Crippen molar-refractivity contribution in [1.82, 2.24) is 9.78 Å². The molecule has 0 unspecified atom stereocenters. The van der Waals surface area contributed by atoms with Crippen LogP contribution in [0.15, 0.2) is 64.1 Å². The minimum atomic E-state index is -4.04. The quantitative estimate of drug-likeness (QED) is 0.614. The predicted molar refractivity (Wildman–Crippen MR) is 107 cm³/mol. The zero-order chi connectivity index (χ0) is 19.8. The molecule has 0 radical (unpaired) electrons. The third kappa shape index (κ3) is 4.22. The lowest BCUT2D eigenvalue weighted by molar-refractivity contribution is 0.543. The lowest BCUT2D eigenvalue weighted by Gasteiger charge is -2.18. The van der Waals surface area contributed by atoms with E-state index in [4.69, 9.17) is 0 Å². The normalized spacial score (nSPS) is 12.2. The van der Waals surface area contributed by atoms with E-state index in [1.165, 1.54) is 23.0 Å². The fraction of sp³-hybridized carbons (Fsp3) is 0.211. The van der Waals surface area contributed by atoms with Crippen LogP contribution in [-0.4, -0.2) is 18.2 Å². The van der Waals surface area contributed by atoms with E-state index in [1.807, 2.05) is 51.1 Å². The first-order valence-corrected chi connectivity index (χ1v) is 10.5. The third-order valence-corrected chi connectivity index (χ3v) is 5.74. The van der Waals surface area contributed by atoms with Crippen molar-refractivity contribution in [3.05, 3.63) is 70.7 Å². The van der Waals surface area contributed by atoms with Gasteiger partial charge in [0.1, 0.15) is 10.7 Å². The highest BCUT2D eigenvalue weighted by atomic mass is 79.9. The predicted octanol–water partition coefficient (Wildman–Crippen LogP) is 4.87. The average molecular weight is 452 g/mol. The van der Waals surface area contributed by atoms with Gasteiger partial charge in [-0.1, -0.05) is 54.9 Å². The number of aromatic nitrogens is 2. The van der Waals surface area contributed by atoms with Crippen LogP contribution in [0.5, 0.6) is 0 Å². The summed E-state index contributed by atoms with van der Waals surface area (Å²) < 4.78 is 44.5. The fourth-order valence-corrected chi connectivity index (χ4v) is 4.30. The molecule has 3 aromatic rings. The van der Waals surface area contributed by atoms with Crippen LogP contribution < -0.4 is 4.72 Å². The van der Waals surface area contributed by atoms with Gasteiger partial charge >= 0.3 is 0 Å². The topological polar surface area (TPSA) is 64.0 Å². The molecule has 1 aromatic heterocycles. The Morgan fingerprint density at radius 3 is 2.37 bits per heavy atom. The summed E-state index contributed by atoms with van der Waals surface area (Å²) in [5.74, 6) is -0.666. The Labute approximate surface area is 166 Å². The summed E-state index contributed by atoms with van der Waals surface area (Å²) in [6.07, 6.45) is 1.45. The van der Waals surface area contributed by atoms with Crippen LogP contribution in [0.2, 0.25) is 0 Å². The number of nitrogens with zero attached hydrogens (tertiary/aromatic N) is 2. The first-order chi connectivity index (χ1) is 12.6. The van der Waals surface area contributed by atoms with Gasteiger partial charge in [-0.25, -0.2) is 17.5 Å². The molecule has 0 aliphatic heterocycles. The number of halogens is 2. The van der Waals surface area contributed by atoms with Gasteiger partial charge in [0.25, 0.3) is 10.0 Å². The molecule has 5 nitrogen and oxygen atoms in total. The molecule has 0 bridgehead atoms. The summed E-state index contributed by atoms with van der Waals surface area (Å²) >= 11 is 3.16. The Balaban J connectivity index is 2.09. The molecule has 3 rings (SSSR count). The molecule has 0 aliphatic carbocycles. The van der Waals surface area contributed by atoms with Gasteiger partial charge in [0.2, 0.25) is 0 Å². The van der Waals surface area contributed by atoms with Gasteiger partial charge in [-0.3, -0.25) is 4.72 Å². The molecular weight excluding hydrogens is 433 g/mol. The van der Waals surface area contributed by atoms with Gasteiger partial charge in [0.15, 0.2) is 0 Å². The monoisotopic (exact) mass is 451 g/mol. The Morgan fingerprint density at radius 2 is 1.78 bits per heavy atom.